The van der Waals surface area contributed by atoms with E-state index in [4.69, 9.17) is 48.7 Å². The molecule has 0 unspecified atom stereocenters. The fraction of sp³-hybridized carbons (Fsp3) is 0.368. The van der Waals surface area contributed by atoms with E-state index in [1.54, 1.807) is 12.1 Å². The summed E-state index contributed by atoms with van der Waals surface area (Å²) < 4.78 is 14.1. The Labute approximate surface area is 170 Å². The van der Waals surface area contributed by atoms with Crippen molar-refractivity contribution in [1.82, 2.24) is 0 Å². The van der Waals surface area contributed by atoms with E-state index >= 15 is 0 Å². The summed E-state index contributed by atoms with van der Waals surface area (Å²) >= 11 is 16.9. The number of carbonyl (C=O) groups excluding carboxylic acids is 1. The molecule has 0 bridgehead atoms. The maximum atomic E-state index is 12.5. The maximum Gasteiger partial charge on any atom is 0.364 e. The maximum absolute atomic E-state index is 12.5. The molecular weight excluding hydrogens is 415 g/mol. The lowest BCUT2D eigenvalue weighted by Crippen LogP contribution is -2.25. The molecule has 0 N–H and O–H groups in total. The first-order valence-corrected chi connectivity index (χ1v) is 9.49. The second kappa shape index (κ2) is 7.74. The summed E-state index contributed by atoms with van der Waals surface area (Å²) in [7, 11) is 1.44. The number of aryl methyl sites for hydroxylation is 1. The first kappa shape index (κ1) is 20.1. The van der Waals surface area contributed by atoms with Gasteiger partial charge in [-0.15, -0.1) is 6.58 Å². The van der Waals surface area contributed by atoms with Gasteiger partial charge in [-0.05, 0) is 43.7 Å². The normalized spacial score (nSPS) is 13.9. The number of carbonyl (C=O) groups is 1. The fourth-order valence-corrected chi connectivity index (χ4v) is 3.46. The highest BCUT2D eigenvalue weighted by Crippen LogP contribution is 2.42. The molecule has 1 aromatic carbocycles. The highest BCUT2D eigenvalue weighted by Gasteiger charge is 2.35. The van der Waals surface area contributed by atoms with Crippen LogP contribution in [0, 0.1) is 0 Å². The van der Waals surface area contributed by atoms with Gasteiger partial charge in [-0.2, -0.15) is 0 Å². The van der Waals surface area contributed by atoms with E-state index in [-0.39, 0.29) is 23.5 Å². The van der Waals surface area contributed by atoms with Gasteiger partial charge in [0.1, 0.15) is 5.58 Å². The van der Waals surface area contributed by atoms with E-state index in [1.807, 2.05) is 0 Å². The molecule has 5 nitrogen and oxygen atoms in total. The van der Waals surface area contributed by atoms with E-state index in [1.165, 1.54) is 7.11 Å². The van der Waals surface area contributed by atoms with Gasteiger partial charge in [-0.1, -0.05) is 40.9 Å². The summed E-state index contributed by atoms with van der Waals surface area (Å²) in [5.74, 6) is -0.764. The predicted octanol–water partition coefficient (Wildman–Crippen LogP) is 4.68. The Hall–Kier alpha value is -1.69. The number of alkyl halides is 3. The molecular formula is C19H17Cl3O5. The number of hydrogen-bond acceptors (Lipinski definition) is 5. The topological polar surface area (TPSA) is 65.7 Å². The van der Waals surface area contributed by atoms with Crippen molar-refractivity contribution in [2.75, 3.05) is 7.11 Å². The van der Waals surface area contributed by atoms with Crippen molar-refractivity contribution >= 4 is 51.7 Å². The molecule has 8 heteroatoms. The molecule has 0 amide bonds. The predicted molar refractivity (Wildman–Crippen MR) is 106 cm³/mol. The Morgan fingerprint density at radius 1 is 1.30 bits per heavy atom. The van der Waals surface area contributed by atoms with Gasteiger partial charge >= 0.3 is 11.6 Å². The Bertz CT molecular complexity index is 972. The molecule has 0 spiro atoms. The molecule has 0 atom stereocenters. The highest BCUT2D eigenvalue weighted by molar-refractivity contribution is 6.75. The first-order chi connectivity index (χ1) is 12.8. The van der Waals surface area contributed by atoms with Gasteiger partial charge < -0.3 is 13.9 Å². The zero-order valence-electron chi connectivity index (χ0n) is 14.6. The monoisotopic (exact) mass is 430 g/mol. The number of ether oxygens (including phenoxy) is 2. The molecule has 27 heavy (non-hydrogen) atoms. The molecule has 1 heterocycles. The molecule has 0 radical (unpaired) electrons. The highest BCUT2D eigenvalue weighted by atomic mass is 35.6. The van der Waals surface area contributed by atoms with E-state index in [0.717, 1.165) is 30.2 Å². The van der Waals surface area contributed by atoms with Gasteiger partial charge in [0, 0.05) is 16.5 Å². The van der Waals surface area contributed by atoms with Gasteiger partial charge in [0.25, 0.3) is 3.79 Å². The standard InChI is InChI=1S/C19H17Cl3O5/c1-3-6-12-15-13(10-7-4-5-8-11(10)17(23)26-15)9-14(25-2)16(12)27-18(24)19(20,21)22/h3,9H,1,4-8H2,2H3. The third-order valence-electron chi connectivity index (χ3n) is 4.52. The minimum atomic E-state index is -2.26. The van der Waals surface area contributed by atoms with Crippen LogP contribution in [0.5, 0.6) is 11.5 Å². The summed E-state index contributed by atoms with van der Waals surface area (Å²) in [6.45, 7) is 3.72. The zero-order chi connectivity index (χ0) is 19.8. The number of methoxy groups -OCH3 is 1. The number of hydrogen-bond donors (Lipinski definition) is 0. The number of halogens is 3. The Morgan fingerprint density at radius 2 is 1.96 bits per heavy atom. The van der Waals surface area contributed by atoms with Gasteiger partial charge in [0.05, 0.1) is 7.11 Å². The lowest BCUT2D eigenvalue weighted by atomic mass is 9.89. The summed E-state index contributed by atoms with van der Waals surface area (Å²) in [5, 5.41) is 0.756. The van der Waals surface area contributed by atoms with Crippen LogP contribution in [-0.4, -0.2) is 16.9 Å². The summed E-state index contributed by atoms with van der Waals surface area (Å²) in [4.78, 5) is 24.6. The fourth-order valence-electron chi connectivity index (χ4n) is 3.34. The van der Waals surface area contributed by atoms with E-state index < -0.39 is 9.76 Å². The average Bonchev–Trinajstić information content (AvgIpc) is 2.63. The number of fused-ring (bicyclic) bond motifs is 3. The van der Waals surface area contributed by atoms with Crippen LogP contribution in [0.4, 0.5) is 0 Å². The SMILES string of the molecule is C=CCc1c(OC(=O)C(Cl)(Cl)Cl)c(OC)cc2c3c(c(=O)oc12)CCCC3. The van der Waals surface area contributed by atoms with Crippen molar-refractivity contribution in [1.29, 1.82) is 0 Å². The van der Waals surface area contributed by atoms with Crippen molar-refractivity contribution in [3.05, 3.63) is 45.8 Å². The first-order valence-electron chi connectivity index (χ1n) is 8.36. The molecule has 1 aliphatic carbocycles. The van der Waals surface area contributed by atoms with Gasteiger partial charge in [0.15, 0.2) is 11.5 Å². The molecule has 1 aliphatic rings. The van der Waals surface area contributed by atoms with Gasteiger partial charge in [-0.25, -0.2) is 9.59 Å². The molecule has 0 saturated carbocycles. The van der Waals surface area contributed by atoms with Crippen LogP contribution in [0.15, 0.2) is 27.9 Å². The Morgan fingerprint density at radius 3 is 2.56 bits per heavy atom. The Kier molecular flexibility index (Phi) is 5.75. The minimum Gasteiger partial charge on any atom is -0.493 e. The number of allylic oxidation sites excluding steroid dienone is 1. The molecule has 144 valence electrons. The van der Waals surface area contributed by atoms with E-state index in [0.29, 0.717) is 23.1 Å². The summed E-state index contributed by atoms with van der Waals surface area (Å²) in [6, 6.07) is 1.69. The van der Waals surface area contributed by atoms with Crippen LogP contribution in [0.3, 0.4) is 0 Å². The molecule has 3 rings (SSSR count). The van der Waals surface area contributed by atoms with Crippen LogP contribution in [0.1, 0.15) is 29.5 Å². The number of rotatable bonds is 4. The third kappa shape index (κ3) is 3.82. The minimum absolute atomic E-state index is 0.0418. The Balaban J connectivity index is 2.32. The van der Waals surface area contributed by atoms with Gasteiger partial charge in [-0.3, -0.25) is 0 Å². The zero-order valence-corrected chi connectivity index (χ0v) is 16.8. The second-order valence-corrected chi connectivity index (χ2v) is 8.48. The van der Waals surface area contributed by atoms with Crippen LogP contribution in [-0.2, 0) is 24.1 Å². The average molecular weight is 432 g/mol. The molecule has 0 aliphatic heterocycles. The molecule has 0 saturated heterocycles. The van der Waals surface area contributed by atoms with Crippen molar-refractivity contribution in [3.63, 3.8) is 0 Å². The van der Waals surface area contributed by atoms with Crippen LogP contribution in [0.25, 0.3) is 11.0 Å². The molecule has 1 aromatic heterocycles. The summed E-state index contributed by atoms with van der Waals surface area (Å²) in [6.07, 6.45) is 5.23. The second-order valence-electron chi connectivity index (χ2n) is 6.20. The smallest absolute Gasteiger partial charge is 0.364 e. The molecule has 2 aromatic rings. The van der Waals surface area contributed by atoms with Crippen molar-refractivity contribution in [2.45, 2.75) is 35.9 Å². The number of esters is 1. The lowest BCUT2D eigenvalue weighted by Gasteiger charge is -2.20. The van der Waals surface area contributed by atoms with Gasteiger partial charge in [0.2, 0.25) is 0 Å². The van der Waals surface area contributed by atoms with Crippen LogP contribution >= 0.6 is 34.8 Å². The quantitative estimate of drug-likeness (QED) is 0.231. The van der Waals surface area contributed by atoms with Crippen molar-refractivity contribution in [3.8, 4) is 11.5 Å². The van der Waals surface area contributed by atoms with E-state index in [9.17, 15) is 9.59 Å². The van der Waals surface area contributed by atoms with Crippen LogP contribution in [0.2, 0.25) is 0 Å². The van der Waals surface area contributed by atoms with E-state index in [2.05, 4.69) is 6.58 Å². The lowest BCUT2D eigenvalue weighted by molar-refractivity contribution is -0.133. The van der Waals surface area contributed by atoms with Crippen molar-refractivity contribution < 1.29 is 18.7 Å². The van der Waals surface area contributed by atoms with Crippen LogP contribution < -0.4 is 15.1 Å². The number of benzene rings is 1. The molecule has 0 fully saturated rings. The summed E-state index contributed by atoms with van der Waals surface area (Å²) in [5.41, 5.74) is 2.01. The largest absolute Gasteiger partial charge is 0.493 e. The third-order valence-corrected chi connectivity index (χ3v) is 4.98. The van der Waals surface area contributed by atoms with Crippen molar-refractivity contribution in [2.24, 2.45) is 0 Å².